The molecule has 0 saturated heterocycles. The summed E-state index contributed by atoms with van der Waals surface area (Å²) in [7, 11) is 0. The maximum absolute atomic E-state index is 11.5. The van der Waals surface area contributed by atoms with Crippen molar-refractivity contribution in [1.29, 1.82) is 0 Å². The highest BCUT2D eigenvalue weighted by atomic mass is 19.4. The summed E-state index contributed by atoms with van der Waals surface area (Å²) in [5.41, 5.74) is 0. The molecule has 280 valence electrons. The summed E-state index contributed by atoms with van der Waals surface area (Å²) >= 11 is 0. The van der Waals surface area contributed by atoms with Crippen LogP contribution in [0.3, 0.4) is 0 Å². The standard InChI is InChI=1S/5C4H5F5/c1-3(5,6)2-4(7,8)9;5-2-3(6)1-4(7,8)9;1-2(5)3(6)4(7,8)9;5-2-1-3(6)4(7,8)9;5-3(6)1-2-4(7,8)9/h2H2,1H3;3H,1-2H2;2-3H,1H3;2*3H,1-2H2. The van der Waals surface area contributed by atoms with Crippen LogP contribution in [0.25, 0.3) is 0 Å². The summed E-state index contributed by atoms with van der Waals surface area (Å²) < 4.78 is 280. The topological polar surface area (TPSA) is 0 Å². The zero-order chi connectivity index (χ0) is 37.8. The van der Waals surface area contributed by atoms with Gasteiger partial charge in [0.05, 0.1) is 13.1 Å². The molecule has 0 aromatic heterocycles. The quantitative estimate of drug-likeness (QED) is 0.218. The van der Waals surface area contributed by atoms with E-state index in [0.717, 1.165) is 0 Å². The second kappa shape index (κ2) is 22.7. The monoisotopic (exact) mass is 740 g/mol. The molecule has 4 unspecified atom stereocenters. The number of halogens is 25. The molecule has 0 bridgehead atoms. The average Bonchev–Trinajstić information content (AvgIpc) is 2.73. The third-order valence-electron chi connectivity index (χ3n) is 3.21. The zero-order valence-electron chi connectivity index (χ0n) is 22.3. The SMILES string of the molecule is CC(F)(F)CC(F)(F)F.CC(F)C(F)C(F)(F)F.FC(F)CCC(F)(F)F.FCC(F)CC(F)(F)F.FCCC(F)C(F)(F)F. The van der Waals surface area contributed by atoms with Crippen LogP contribution in [0.1, 0.15) is 46.0 Å². The maximum atomic E-state index is 11.5. The van der Waals surface area contributed by atoms with Crippen molar-refractivity contribution in [3.8, 4) is 0 Å². The van der Waals surface area contributed by atoms with Crippen molar-refractivity contribution in [3.05, 3.63) is 0 Å². The molecule has 0 rings (SSSR count). The molecule has 0 aliphatic carbocycles. The van der Waals surface area contributed by atoms with Gasteiger partial charge in [-0.1, -0.05) is 0 Å². The Morgan fingerprint density at radius 1 is 0.533 bits per heavy atom. The van der Waals surface area contributed by atoms with Gasteiger partial charge in [-0.15, -0.1) is 0 Å². The predicted molar refractivity (Wildman–Crippen MR) is 107 cm³/mol. The van der Waals surface area contributed by atoms with Crippen LogP contribution >= 0.6 is 0 Å². The van der Waals surface area contributed by atoms with Gasteiger partial charge < -0.3 is 0 Å². The second-order valence-electron chi connectivity index (χ2n) is 8.09. The Balaban J connectivity index is -0.000000148. The molecule has 25 heteroatoms. The zero-order valence-corrected chi connectivity index (χ0v) is 22.3. The third kappa shape index (κ3) is 52.1. The van der Waals surface area contributed by atoms with Gasteiger partial charge in [-0.2, -0.15) is 65.9 Å². The van der Waals surface area contributed by atoms with E-state index in [9.17, 15) is 110 Å². The first kappa shape index (κ1) is 52.8. The lowest BCUT2D eigenvalue weighted by molar-refractivity contribution is -0.194. The molecule has 0 spiro atoms. The fourth-order valence-corrected chi connectivity index (χ4v) is 1.45. The first-order valence-electron chi connectivity index (χ1n) is 11.1. The van der Waals surface area contributed by atoms with Crippen molar-refractivity contribution in [3.63, 3.8) is 0 Å². The Morgan fingerprint density at radius 3 is 1.00 bits per heavy atom. The number of alkyl halides is 25. The summed E-state index contributed by atoms with van der Waals surface area (Å²) in [5.74, 6) is -3.64. The number of rotatable bonds is 8. The van der Waals surface area contributed by atoms with Crippen molar-refractivity contribution in [2.24, 2.45) is 0 Å². The van der Waals surface area contributed by atoms with Gasteiger partial charge in [-0.3, -0.25) is 4.39 Å². The van der Waals surface area contributed by atoms with Crippen molar-refractivity contribution >= 4 is 0 Å². The fraction of sp³-hybridized carbons (Fsp3) is 1.00. The smallest absolute Gasteiger partial charge is 0.251 e. The van der Waals surface area contributed by atoms with Gasteiger partial charge in [-0.25, -0.2) is 39.5 Å². The van der Waals surface area contributed by atoms with E-state index < -0.39 is 113 Å². The summed E-state index contributed by atoms with van der Waals surface area (Å²) in [6.07, 6.45) is -45.2. The molecular weight excluding hydrogens is 715 g/mol. The Morgan fingerprint density at radius 2 is 0.933 bits per heavy atom. The minimum Gasteiger partial charge on any atom is -0.251 e. The second-order valence-corrected chi connectivity index (χ2v) is 8.09. The van der Waals surface area contributed by atoms with E-state index in [0.29, 0.717) is 6.92 Å². The van der Waals surface area contributed by atoms with Crippen molar-refractivity contribution in [2.75, 3.05) is 13.3 Å². The molecule has 0 N–H and O–H groups in total. The molecule has 0 radical (unpaired) electrons. The van der Waals surface area contributed by atoms with Gasteiger partial charge >= 0.3 is 30.9 Å². The molecule has 0 saturated carbocycles. The van der Waals surface area contributed by atoms with Gasteiger partial charge in [0, 0.05) is 19.3 Å². The summed E-state index contributed by atoms with van der Waals surface area (Å²) in [4.78, 5) is 0. The van der Waals surface area contributed by atoms with Crippen LogP contribution in [0, 0.1) is 0 Å². The van der Waals surface area contributed by atoms with Crippen LogP contribution in [0.5, 0.6) is 0 Å². The van der Waals surface area contributed by atoms with E-state index in [1.165, 1.54) is 0 Å². The Hall–Kier alpha value is -1.75. The molecule has 0 nitrogen and oxygen atoms in total. The maximum Gasteiger partial charge on any atom is 0.422 e. The Bertz CT molecular complexity index is 651. The minimum atomic E-state index is -5.06. The number of hydrogen-bond donors (Lipinski definition) is 0. The van der Waals surface area contributed by atoms with Gasteiger partial charge in [0.25, 0.3) is 5.92 Å². The van der Waals surface area contributed by atoms with E-state index in [1.54, 1.807) is 0 Å². The van der Waals surface area contributed by atoms with E-state index in [-0.39, 0.29) is 6.92 Å². The molecular formula is C20H25F25. The third-order valence-corrected chi connectivity index (χ3v) is 3.21. The van der Waals surface area contributed by atoms with Crippen molar-refractivity contribution in [1.82, 2.24) is 0 Å². The average molecular weight is 740 g/mol. The van der Waals surface area contributed by atoms with Crippen LogP contribution in [0.15, 0.2) is 0 Å². The van der Waals surface area contributed by atoms with E-state index in [1.807, 2.05) is 0 Å². The first-order valence-corrected chi connectivity index (χ1v) is 11.1. The lowest BCUT2D eigenvalue weighted by atomic mass is 10.3. The highest BCUT2D eigenvalue weighted by Gasteiger charge is 2.44. The van der Waals surface area contributed by atoms with Crippen LogP contribution in [0.2, 0.25) is 0 Å². The van der Waals surface area contributed by atoms with E-state index >= 15 is 0 Å². The molecule has 0 amide bonds. The molecule has 0 aromatic rings. The molecule has 0 aromatic carbocycles. The van der Waals surface area contributed by atoms with E-state index in [2.05, 4.69) is 0 Å². The van der Waals surface area contributed by atoms with Gasteiger partial charge in [0.1, 0.15) is 25.4 Å². The molecule has 0 aliphatic rings. The molecule has 0 heterocycles. The minimum absolute atomic E-state index is 0.237. The van der Waals surface area contributed by atoms with Gasteiger partial charge in [-0.05, 0) is 13.8 Å². The van der Waals surface area contributed by atoms with Crippen molar-refractivity contribution < 1.29 is 110 Å². The summed E-state index contributed by atoms with van der Waals surface area (Å²) in [5, 5.41) is 0. The Kier molecular flexibility index (Phi) is 26.6. The van der Waals surface area contributed by atoms with Crippen molar-refractivity contribution in [2.45, 2.75) is 114 Å². The van der Waals surface area contributed by atoms with Crippen LogP contribution in [-0.4, -0.2) is 81.3 Å². The lowest BCUT2D eigenvalue weighted by Gasteiger charge is -2.11. The molecule has 45 heavy (non-hydrogen) atoms. The summed E-state index contributed by atoms with van der Waals surface area (Å²) in [6.45, 7) is -2.08. The Labute approximate surface area is 238 Å². The van der Waals surface area contributed by atoms with E-state index in [4.69, 9.17) is 0 Å². The van der Waals surface area contributed by atoms with Crippen LogP contribution in [0.4, 0.5) is 110 Å². The number of hydrogen-bond acceptors (Lipinski definition) is 0. The van der Waals surface area contributed by atoms with Gasteiger partial charge in [0.2, 0.25) is 12.6 Å². The highest BCUT2D eigenvalue weighted by molar-refractivity contribution is 4.71. The largest absolute Gasteiger partial charge is 0.422 e. The first-order chi connectivity index (χ1) is 19.4. The highest BCUT2D eigenvalue weighted by Crippen LogP contribution is 2.30. The predicted octanol–water partition coefficient (Wildman–Crippen LogP) is 11.9. The fourth-order valence-electron chi connectivity index (χ4n) is 1.45. The van der Waals surface area contributed by atoms with Crippen LogP contribution in [-0.2, 0) is 0 Å². The molecule has 0 fully saturated rings. The lowest BCUT2D eigenvalue weighted by Crippen LogP contribution is -2.31. The molecule has 0 aliphatic heterocycles. The normalized spacial score (nSPS) is 15.5. The van der Waals surface area contributed by atoms with Gasteiger partial charge in [0.15, 0.2) is 6.17 Å². The summed E-state index contributed by atoms with van der Waals surface area (Å²) in [6, 6.07) is 0. The molecule has 4 atom stereocenters. The van der Waals surface area contributed by atoms with Crippen LogP contribution < -0.4 is 0 Å².